The third kappa shape index (κ3) is 13.8. The number of hydrogen-bond donors (Lipinski definition) is 1. The van der Waals surface area contributed by atoms with Crippen LogP contribution in [0.5, 0.6) is 0 Å². The summed E-state index contributed by atoms with van der Waals surface area (Å²) < 4.78 is 62.6. The van der Waals surface area contributed by atoms with Crippen LogP contribution in [-0.2, 0) is 86.4 Å². The Morgan fingerprint density at radius 2 is 1.10 bits per heavy atom. The van der Waals surface area contributed by atoms with Gasteiger partial charge in [-0.3, -0.25) is 19.2 Å². The number of carbonyl (C=O) groups is 4. The molecule has 0 saturated carbocycles. The maximum Gasteiger partial charge on any atom is 0.303 e. The van der Waals surface area contributed by atoms with Crippen molar-refractivity contribution in [1.82, 2.24) is 5.32 Å². The molecule has 1 N–H and O–H groups in total. The van der Waals surface area contributed by atoms with Crippen LogP contribution in [-0.4, -0.2) is 105 Å². The van der Waals surface area contributed by atoms with Crippen LogP contribution in [0.1, 0.15) is 44.4 Å². The molecule has 15 heteroatoms. The fraction of sp³-hybridized carbons (Fsp3) is 0.455. The molecular weight excluding hydrogens is 766 g/mol. The molecule has 0 aliphatic carbocycles. The van der Waals surface area contributed by atoms with E-state index < -0.39 is 91.8 Å². The van der Waals surface area contributed by atoms with Crippen LogP contribution in [0, 0.1) is 0 Å². The van der Waals surface area contributed by atoms with Crippen molar-refractivity contribution in [2.75, 3.05) is 19.8 Å². The van der Waals surface area contributed by atoms with E-state index in [-0.39, 0.29) is 33.0 Å². The lowest BCUT2D eigenvalue weighted by Gasteiger charge is -2.50. The van der Waals surface area contributed by atoms with Gasteiger partial charge < -0.3 is 52.7 Å². The van der Waals surface area contributed by atoms with E-state index in [0.717, 1.165) is 16.7 Å². The van der Waals surface area contributed by atoms with E-state index in [9.17, 15) is 19.2 Å². The first kappa shape index (κ1) is 45.1. The second-order valence-electron chi connectivity index (χ2n) is 14.0. The first-order chi connectivity index (χ1) is 28.5. The number of rotatable bonds is 20. The summed E-state index contributed by atoms with van der Waals surface area (Å²) in [4.78, 5) is 50.0. The maximum atomic E-state index is 12.9. The van der Waals surface area contributed by atoms with E-state index in [2.05, 4.69) is 11.9 Å². The van der Waals surface area contributed by atoms with E-state index in [1.807, 2.05) is 91.0 Å². The van der Waals surface area contributed by atoms with Crippen molar-refractivity contribution in [2.45, 2.75) is 109 Å². The van der Waals surface area contributed by atoms with Gasteiger partial charge in [-0.05, 0) is 16.7 Å². The van der Waals surface area contributed by atoms with Crippen LogP contribution >= 0.6 is 0 Å². The summed E-state index contributed by atoms with van der Waals surface area (Å²) in [5, 5.41) is 2.77. The Morgan fingerprint density at radius 3 is 1.63 bits per heavy atom. The average Bonchev–Trinajstić information content (AvgIpc) is 3.21. The van der Waals surface area contributed by atoms with Gasteiger partial charge in [-0.2, -0.15) is 0 Å². The Bertz CT molecular complexity index is 1780. The fourth-order valence-electron chi connectivity index (χ4n) is 6.80. The van der Waals surface area contributed by atoms with Crippen LogP contribution in [0.25, 0.3) is 0 Å². The monoisotopic (exact) mass is 819 g/mol. The molecule has 15 nitrogen and oxygen atoms in total. The number of benzene rings is 3. The highest BCUT2D eigenvalue weighted by Gasteiger charge is 2.55. The van der Waals surface area contributed by atoms with E-state index in [4.69, 9.17) is 47.4 Å². The molecule has 59 heavy (non-hydrogen) atoms. The van der Waals surface area contributed by atoms with Gasteiger partial charge in [0, 0.05) is 27.7 Å². The number of nitrogens with one attached hydrogen (secondary N) is 1. The molecule has 2 saturated heterocycles. The highest BCUT2D eigenvalue weighted by Crippen LogP contribution is 2.35. The summed E-state index contributed by atoms with van der Waals surface area (Å²) in [5.74, 6) is -2.67. The van der Waals surface area contributed by atoms with Gasteiger partial charge in [0.2, 0.25) is 5.91 Å². The molecule has 3 aromatic carbocycles. The van der Waals surface area contributed by atoms with E-state index in [0.29, 0.717) is 0 Å². The van der Waals surface area contributed by atoms with Crippen molar-refractivity contribution in [1.29, 1.82) is 0 Å². The second-order valence-corrected chi connectivity index (χ2v) is 14.0. The predicted molar refractivity (Wildman–Crippen MR) is 210 cm³/mol. The minimum Gasteiger partial charge on any atom is -0.463 e. The van der Waals surface area contributed by atoms with Crippen molar-refractivity contribution in [3.05, 3.63) is 120 Å². The zero-order valence-corrected chi connectivity index (χ0v) is 33.7. The van der Waals surface area contributed by atoms with Gasteiger partial charge >= 0.3 is 17.9 Å². The van der Waals surface area contributed by atoms with Crippen molar-refractivity contribution in [2.24, 2.45) is 0 Å². The Labute approximate surface area is 344 Å². The smallest absolute Gasteiger partial charge is 0.303 e. The molecule has 10 atom stereocenters. The lowest BCUT2D eigenvalue weighted by molar-refractivity contribution is -0.359. The van der Waals surface area contributed by atoms with E-state index in [1.54, 1.807) is 6.08 Å². The van der Waals surface area contributed by atoms with Crippen LogP contribution in [0.3, 0.4) is 0 Å². The summed E-state index contributed by atoms with van der Waals surface area (Å²) in [5.41, 5.74) is 2.63. The van der Waals surface area contributed by atoms with Crippen LogP contribution < -0.4 is 5.32 Å². The minimum atomic E-state index is -1.46. The quantitative estimate of drug-likeness (QED) is 0.0970. The summed E-state index contributed by atoms with van der Waals surface area (Å²) in [6.45, 7) is 8.78. The number of hydrogen-bond acceptors (Lipinski definition) is 14. The number of esters is 3. The average molecular weight is 820 g/mol. The third-order valence-electron chi connectivity index (χ3n) is 9.30. The molecule has 2 aliphatic rings. The van der Waals surface area contributed by atoms with Crippen molar-refractivity contribution in [3.63, 3.8) is 0 Å². The van der Waals surface area contributed by atoms with E-state index >= 15 is 0 Å². The van der Waals surface area contributed by atoms with Gasteiger partial charge in [0.15, 0.2) is 24.8 Å². The van der Waals surface area contributed by atoms with Crippen LogP contribution in [0.2, 0.25) is 0 Å². The number of ether oxygens (including phenoxy) is 10. The molecule has 3 aromatic rings. The van der Waals surface area contributed by atoms with Gasteiger partial charge in [-0.25, -0.2) is 0 Å². The summed E-state index contributed by atoms with van der Waals surface area (Å²) in [6, 6.07) is 27.3. The Balaban J connectivity index is 1.59. The zero-order chi connectivity index (χ0) is 42.1. The normalized spacial score (nSPS) is 26.6. The topological polar surface area (TPSA) is 173 Å². The first-order valence-corrected chi connectivity index (χ1v) is 19.4. The SMILES string of the molecule is C=CCO[C@H]1O[C@H](COCc2ccccc2)[C@H](OCc2ccccc2)[C@H](O[C@@H]2O[C@H](COC(C)=O)[C@@H](OC(C)=O)[C@H](OC(C)=O)[C@H]2NC(C)=O)[C@H]1OCc1ccccc1. The van der Waals surface area contributed by atoms with Crippen molar-refractivity contribution in [3.8, 4) is 0 Å². The zero-order valence-electron chi connectivity index (χ0n) is 33.7. The molecule has 0 unspecified atom stereocenters. The molecule has 2 aliphatic heterocycles. The highest BCUT2D eigenvalue weighted by atomic mass is 16.8. The summed E-state index contributed by atoms with van der Waals surface area (Å²) in [6.07, 6.45) is -8.85. The molecule has 2 heterocycles. The van der Waals surface area contributed by atoms with Gasteiger partial charge in [0.1, 0.15) is 43.2 Å². The van der Waals surface area contributed by atoms with Crippen molar-refractivity contribution >= 4 is 23.8 Å². The van der Waals surface area contributed by atoms with Gasteiger partial charge in [-0.1, -0.05) is 97.1 Å². The number of amides is 1. The molecule has 318 valence electrons. The standard InChI is InChI=1S/C44H53NO14/c1-6-22-51-44-42(54-25-34-20-14-9-15-21-34)41(38(53-24-33-18-12-8-13-19-33)35(58-44)26-50-23-32-16-10-7-11-17-32)59-43-37(45-28(2)46)40(56-31(5)49)39(55-30(4)48)36(57-43)27-52-29(3)47/h6-21,35-44H,1,22-27H2,2-5H3,(H,45,46)/t35-,36-,37-,38+,39-,40-,41+,42-,43+,44+/m1/s1. The summed E-state index contributed by atoms with van der Waals surface area (Å²) in [7, 11) is 0. The molecule has 0 aromatic heterocycles. The fourth-order valence-corrected chi connectivity index (χ4v) is 6.80. The number of carbonyl (C=O) groups excluding carboxylic acids is 4. The van der Waals surface area contributed by atoms with Gasteiger partial charge in [0.05, 0.1) is 33.0 Å². The maximum absolute atomic E-state index is 12.9. The Morgan fingerprint density at radius 1 is 0.593 bits per heavy atom. The predicted octanol–water partition coefficient (Wildman–Crippen LogP) is 4.34. The first-order valence-electron chi connectivity index (χ1n) is 19.4. The Kier molecular flexibility index (Phi) is 17.5. The van der Waals surface area contributed by atoms with Crippen LogP contribution in [0.15, 0.2) is 104 Å². The molecule has 0 spiro atoms. The molecule has 2 fully saturated rings. The lowest BCUT2D eigenvalue weighted by Crippen LogP contribution is -2.69. The largest absolute Gasteiger partial charge is 0.463 e. The minimum absolute atomic E-state index is 0.0217. The second kappa shape index (κ2) is 23.0. The Hall–Kier alpha value is -5.00. The third-order valence-corrected chi connectivity index (χ3v) is 9.30. The van der Waals surface area contributed by atoms with Crippen LogP contribution in [0.4, 0.5) is 0 Å². The lowest BCUT2D eigenvalue weighted by atomic mass is 9.94. The molecule has 0 bridgehead atoms. The highest BCUT2D eigenvalue weighted by molar-refractivity contribution is 5.73. The van der Waals surface area contributed by atoms with Crippen molar-refractivity contribution < 1.29 is 66.5 Å². The molecule has 0 radical (unpaired) electrons. The van der Waals surface area contributed by atoms with Gasteiger partial charge in [0.25, 0.3) is 0 Å². The van der Waals surface area contributed by atoms with E-state index in [1.165, 1.54) is 27.7 Å². The van der Waals surface area contributed by atoms with Gasteiger partial charge in [-0.15, -0.1) is 6.58 Å². The molecular formula is C44H53NO14. The summed E-state index contributed by atoms with van der Waals surface area (Å²) >= 11 is 0. The molecule has 1 amide bonds. The molecule has 5 rings (SSSR count).